The molecule has 3 amide bonds. The molecule has 0 saturated carbocycles. The fraction of sp³-hybridized carbons (Fsp3) is 0.263. The van der Waals surface area contributed by atoms with Gasteiger partial charge in [0.15, 0.2) is 0 Å². The second-order valence-corrected chi connectivity index (χ2v) is 6.30. The summed E-state index contributed by atoms with van der Waals surface area (Å²) in [5, 5.41) is 2.70. The Morgan fingerprint density at radius 1 is 1.15 bits per heavy atom. The van der Waals surface area contributed by atoms with Gasteiger partial charge < -0.3 is 19.7 Å². The number of hydrogen-bond acceptors (Lipinski definition) is 6. The molecule has 1 fully saturated rings. The Morgan fingerprint density at radius 2 is 1.85 bits per heavy atom. The maximum atomic E-state index is 12.5. The van der Waals surface area contributed by atoms with Crippen LogP contribution in [0, 0.1) is 0 Å². The van der Waals surface area contributed by atoms with Crippen LogP contribution in [0.2, 0.25) is 0 Å². The van der Waals surface area contributed by atoms with E-state index in [4.69, 9.17) is 9.47 Å². The van der Waals surface area contributed by atoms with Crippen molar-refractivity contribution in [2.24, 2.45) is 0 Å². The first-order chi connectivity index (χ1) is 13.1. The van der Waals surface area contributed by atoms with E-state index in [9.17, 15) is 9.59 Å². The molecule has 142 valence electrons. The highest BCUT2D eigenvalue weighted by molar-refractivity contribution is 7.79. The number of rotatable bonds is 4. The Hall–Kier alpha value is -2.71. The van der Waals surface area contributed by atoms with Gasteiger partial charge in [0.1, 0.15) is 5.75 Å². The molecule has 2 aromatic rings. The molecule has 0 aliphatic carbocycles. The molecule has 1 saturated heterocycles. The van der Waals surface area contributed by atoms with Gasteiger partial charge in [-0.1, -0.05) is 31.0 Å². The number of nitrogens with zero attached hydrogens (tertiary/aromatic N) is 2. The minimum atomic E-state index is -0.662. The van der Waals surface area contributed by atoms with Gasteiger partial charge in [0, 0.05) is 24.3 Å². The largest absolute Gasteiger partial charge is 0.495 e. The van der Waals surface area contributed by atoms with Crippen molar-refractivity contribution in [2.45, 2.75) is 0 Å². The maximum Gasteiger partial charge on any atom is 0.339 e. The van der Waals surface area contributed by atoms with Crippen molar-refractivity contribution in [3.05, 3.63) is 54.1 Å². The van der Waals surface area contributed by atoms with Crippen LogP contribution in [0.1, 0.15) is 10.4 Å². The van der Waals surface area contributed by atoms with Crippen LogP contribution < -0.4 is 15.0 Å². The zero-order valence-electron chi connectivity index (χ0n) is 14.9. The summed E-state index contributed by atoms with van der Waals surface area (Å²) >= 11 is 4.06. The highest BCUT2D eigenvalue weighted by atomic mass is 32.1. The first kappa shape index (κ1) is 19.1. The van der Waals surface area contributed by atoms with E-state index in [1.165, 1.54) is 7.11 Å². The third-order valence-electron chi connectivity index (χ3n) is 4.21. The number of amides is 3. The Bertz CT molecular complexity index is 810. The van der Waals surface area contributed by atoms with Crippen LogP contribution >= 0.6 is 12.8 Å². The van der Waals surface area contributed by atoms with Crippen molar-refractivity contribution in [3.8, 4) is 5.75 Å². The van der Waals surface area contributed by atoms with Gasteiger partial charge in [-0.2, -0.15) is 0 Å². The van der Waals surface area contributed by atoms with E-state index in [0.29, 0.717) is 30.2 Å². The van der Waals surface area contributed by atoms with Crippen molar-refractivity contribution < 1.29 is 19.1 Å². The lowest BCUT2D eigenvalue weighted by Gasteiger charge is -2.29. The third-order valence-corrected chi connectivity index (χ3v) is 4.57. The monoisotopic (exact) mass is 387 g/mol. The van der Waals surface area contributed by atoms with Gasteiger partial charge in [-0.3, -0.25) is 4.79 Å². The van der Waals surface area contributed by atoms with Crippen molar-refractivity contribution in [1.82, 2.24) is 4.31 Å². The topological polar surface area (TPSA) is 71.1 Å². The fourth-order valence-electron chi connectivity index (χ4n) is 2.78. The zero-order chi connectivity index (χ0) is 19.2. The Kier molecular flexibility index (Phi) is 6.20. The van der Waals surface area contributed by atoms with Gasteiger partial charge in [-0.15, -0.1) is 0 Å². The molecule has 0 radical (unpaired) electrons. The van der Waals surface area contributed by atoms with E-state index in [1.807, 2.05) is 12.1 Å². The van der Waals surface area contributed by atoms with Crippen molar-refractivity contribution in [2.75, 3.05) is 43.6 Å². The molecule has 3 rings (SSSR count). The molecule has 1 heterocycles. The van der Waals surface area contributed by atoms with E-state index in [0.717, 1.165) is 23.1 Å². The van der Waals surface area contributed by atoms with Gasteiger partial charge in [0.25, 0.3) is 5.91 Å². The Morgan fingerprint density at radius 3 is 2.52 bits per heavy atom. The normalized spacial score (nSPS) is 13.8. The van der Waals surface area contributed by atoms with E-state index >= 15 is 0 Å². The van der Waals surface area contributed by atoms with Gasteiger partial charge in [-0.05, 0) is 30.3 Å². The van der Waals surface area contributed by atoms with E-state index < -0.39 is 11.9 Å². The SMILES string of the molecule is COc1ccc(N2CCOCC2)cc1NC(=O)N(S)C(=O)c1ccccc1. The number of anilines is 2. The summed E-state index contributed by atoms with van der Waals surface area (Å²) in [5.74, 6) is -0.0195. The highest BCUT2D eigenvalue weighted by Gasteiger charge is 2.21. The number of ether oxygens (including phenoxy) is 2. The number of methoxy groups -OCH3 is 1. The molecule has 1 aliphatic heterocycles. The van der Waals surface area contributed by atoms with Crippen LogP contribution in [0.15, 0.2) is 48.5 Å². The van der Waals surface area contributed by atoms with Crippen LogP contribution in [0.25, 0.3) is 0 Å². The summed E-state index contributed by atoms with van der Waals surface area (Å²) in [4.78, 5) is 27.1. The molecule has 0 spiro atoms. The standard InChI is InChI=1S/C19H21N3O4S/c1-25-17-8-7-15(21-9-11-26-12-10-21)13-16(17)20-19(24)22(27)18(23)14-5-3-2-4-6-14/h2-8,13,27H,9-12H2,1H3,(H,20,24). The zero-order valence-corrected chi connectivity index (χ0v) is 15.8. The number of carbonyl (C=O) groups is 2. The molecule has 1 aliphatic rings. The van der Waals surface area contributed by atoms with E-state index in [-0.39, 0.29) is 0 Å². The molecule has 8 heteroatoms. The lowest BCUT2D eigenvalue weighted by atomic mass is 10.2. The maximum absolute atomic E-state index is 12.5. The number of imide groups is 1. The minimum absolute atomic E-state index is 0.372. The number of benzene rings is 2. The summed E-state index contributed by atoms with van der Waals surface area (Å²) in [7, 11) is 1.52. The first-order valence-electron chi connectivity index (χ1n) is 8.50. The molecule has 27 heavy (non-hydrogen) atoms. The average molecular weight is 387 g/mol. The van der Waals surface area contributed by atoms with Crippen molar-refractivity contribution in [1.29, 1.82) is 0 Å². The lowest BCUT2D eigenvalue weighted by molar-refractivity contribution is 0.0901. The van der Waals surface area contributed by atoms with Crippen molar-refractivity contribution >= 4 is 36.1 Å². The van der Waals surface area contributed by atoms with Gasteiger partial charge >= 0.3 is 6.03 Å². The Labute approximate surface area is 163 Å². The predicted molar refractivity (Wildman–Crippen MR) is 107 cm³/mol. The summed E-state index contributed by atoms with van der Waals surface area (Å²) in [6.45, 7) is 2.85. The van der Waals surface area contributed by atoms with E-state index in [1.54, 1.807) is 36.4 Å². The molecule has 0 atom stereocenters. The van der Waals surface area contributed by atoms with Crippen LogP contribution in [0.5, 0.6) is 5.75 Å². The van der Waals surface area contributed by atoms with Crippen molar-refractivity contribution in [3.63, 3.8) is 0 Å². The second kappa shape index (κ2) is 8.79. The number of urea groups is 1. The molecule has 0 aromatic heterocycles. The van der Waals surface area contributed by atoms with Crippen LogP contribution in [0.4, 0.5) is 16.2 Å². The van der Waals surface area contributed by atoms with Gasteiger partial charge in [-0.25, -0.2) is 9.10 Å². The number of thiol groups is 1. The van der Waals surface area contributed by atoms with Crippen LogP contribution in [-0.2, 0) is 4.74 Å². The van der Waals surface area contributed by atoms with Crippen LogP contribution in [-0.4, -0.2) is 49.7 Å². The molecule has 2 aromatic carbocycles. The summed E-state index contributed by atoms with van der Waals surface area (Å²) < 4.78 is 11.4. The van der Waals surface area contributed by atoms with Gasteiger partial charge in [0.2, 0.25) is 0 Å². The molecule has 0 bridgehead atoms. The highest BCUT2D eigenvalue weighted by Crippen LogP contribution is 2.30. The molecular weight excluding hydrogens is 366 g/mol. The van der Waals surface area contributed by atoms with E-state index in [2.05, 4.69) is 23.0 Å². The average Bonchev–Trinajstić information content (AvgIpc) is 2.73. The first-order valence-corrected chi connectivity index (χ1v) is 8.90. The lowest BCUT2D eigenvalue weighted by Crippen LogP contribution is -2.36. The summed E-state index contributed by atoms with van der Waals surface area (Å²) in [6.07, 6.45) is 0. The summed E-state index contributed by atoms with van der Waals surface area (Å²) in [6, 6.07) is 13.3. The summed E-state index contributed by atoms with van der Waals surface area (Å²) in [5.41, 5.74) is 1.78. The van der Waals surface area contributed by atoms with Gasteiger partial charge in [0.05, 0.1) is 26.0 Å². The predicted octanol–water partition coefficient (Wildman–Crippen LogP) is 3.05. The fourth-order valence-corrected chi connectivity index (χ4v) is 2.94. The quantitative estimate of drug-likeness (QED) is 0.789. The molecule has 7 nitrogen and oxygen atoms in total. The smallest absolute Gasteiger partial charge is 0.339 e. The molecular formula is C19H21N3O4S. The second-order valence-electron chi connectivity index (χ2n) is 5.90. The molecule has 0 unspecified atom stereocenters. The number of morpholine rings is 1. The van der Waals surface area contributed by atoms with Crippen LogP contribution in [0.3, 0.4) is 0 Å². The number of hydrogen-bond donors (Lipinski definition) is 2. The third kappa shape index (κ3) is 4.53. The number of carbonyl (C=O) groups excluding carboxylic acids is 2. The molecule has 1 N–H and O–H groups in total. The number of nitrogens with one attached hydrogen (secondary N) is 1. The Balaban J connectivity index is 1.76. The minimum Gasteiger partial charge on any atom is -0.495 e.